The molecule has 0 N–H and O–H groups in total. The van der Waals surface area contributed by atoms with Crippen LogP contribution < -0.4 is 0 Å². The Morgan fingerprint density at radius 3 is 2.55 bits per heavy atom. The highest BCUT2D eigenvalue weighted by Gasteiger charge is 2.00. The number of unbranched alkanes of at least 4 members (excludes halogenated alkanes) is 3. The zero-order chi connectivity index (χ0) is 15.1. The monoisotopic (exact) mass is 281 g/mol. The number of isocyanates is 1. The van der Waals surface area contributed by atoms with Gasteiger partial charge < -0.3 is 9.47 Å². The van der Waals surface area contributed by atoms with Gasteiger partial charge in [-0.15, -0.1) is 0 Å². The molecule has 0 bridgehead atoms. The third kappa shape index (κ3) is 11.2. The van der Waals surface area contributed by atoms with Gasteiger partial charge in [-0.25, -0.2) is 14.6 Å². The Kier molecular flexibility index (Phi) is 12.3. The van der Waals surface area contributed by atoms with Crippen LogP contribution in [0, 0.1) is 0 Å². The molecule has 0 amide bonds. The van der Waals surface area contributed by atoms with Crippen molar-refractivity contribution in [1.82, 2.24) is 0 Å². The lowest BCUT2D eigenvalue weighted by molar-refractivity contribution is -0.138. The number of carbonyl (C=O) groups is 1. The molecule has 0 aliphatic carbocycles. The molecule has 0 aromatic heterocycles. The molecule has 0 fully saturated rings. The predicted molar refractivity (Wildman–Crippen MR) is 76.9 cm³/mol. The molecule has 0 aliphatic heterocycles. The first kappa shape index (κ1) is 18.1. The number of esters is 1. The van der Waals surface area contributed by atoms with Gasteiger partial charge in [0.15, 0.2) is 0 Å². The van der Waals surface area contributed by atoms with E-state index >= 15 is 0 Å². The number of hydrogen-bond donors (Lipinski definition) is 0. The van der Waals surface area contributed by atoms with E-state index in [1.807, 2.05) is 13.0 Å². The first-order chi connectivity index (χ1) is 9.74. The van der Waals surface area contributed by atoms with Crippen molar-refractivity contribution in [2.75, 3.05) is 19.8 Å². The van der Waals surface area contributed by atoms with Crippen LogP contribution in [0.2, 0.25) is 0 Å². The van der Waals surface area contributed by atoms with Gasteiger partial charge in [-0.2, -0.15) is 0 Å². The van der Waals surface area contributed by atoms with Crippen molar-refractivity contribution in [2.24, 2.45) is 4.99 Å². The zero-order valence-electron chi connectivity index (χ0n) is 12.1. The Balaban J connectivity index is 3.55. The number of rotatable bonds is 12. The standard InChI is InChI=1S/C15H23NO4/c1-3-14(19-11-12-20-15(18)4-2)9-7-5-6-8-10-16-13-17/h3-4H,2,5-12H2,1H3. The number of aliphatic imine (C=N–C) groups is 1. The van der Waals surface area contributed by atoms with Gasteiger partial charge in [0.25, 0.3) is 0 Å². The summed E-state index contributed by atoms with van der Waals surface area (Å²) < 4.78 is 10.3. The molecule has 0 aromatic carbocycles. The molecule has 0 rings (SSSR count). The van der Waals surface area contributed by atoms with E-state index in [9.17, 15) is 9.59 Å². The van der Waals surface area contributed by atoms with Gasteiger partial charge in [-0.1, -0.05) is 19.4 Å². The second-order valence-corrected chi connectivity index (χ2v) is 4.11. The summed E-state index contributed by atoms with van der Waals surface area (Å²) in [4.78, 5) is 24.2. The fraction of sp³-hybridized carbons (Fsp3) is 0.600. The fourth-order valence-corrected chi connectivity index (χ4v) is 1.56. The maximum absolute atomic E-state index is 10.8. The molecule has 0 aliphatic rings. The van der Waals surface area contributed by atoms with Crippen LogP contribution in [0.4, 0.5) is 0 Å². The normalized spacial score (nSPS) is 10.6. The Morgan fingerprint density at radius 2 is 1.90 bits per heavy atom. The Hall–Kier alpha value is -1.87. The van der Waals surface area contributed by atoms with Crippen molar-refractivity contribution in [3.63, 3.8) is 0 Å². The summed E-state index contributed by atoms with van der Waals surface area (Å²) in [7, 11) is 0. The molecule has 0 spiro atoms. The smallest absolute Gasteiger partial charge is 0.330 e. The van der Waals surface area contributed by atoms with Gasteiger partial charge in [-0.3, -0.25) is 0 Å². The first-order valence-electron chi connectivity index (χ1n) is 6.85. The van der Waals surface area contributed by atoms with E-state index in [2.05, 4.69) is 11.6 Å². The second kappa shape index (κ2) is 13.6. The van der Waals surface area contributed by atoms with E-state index in [1.165, 1.54) is 6.08 Å². The summed E-state index contributed by atoms with van der Waals surface area (Å²) in [6.07, 6.45) is 9.50. The lowest BCUT2D eigenvalue weighted by atomic mass is 10.1. The predicted octanol–water partition coefficient (Wildman–Crippen LogP) is 2.92. The van der Waals surface area contributed by atoms with Crippen molar-refractivity contribution in [1.29, 1.82) is 0 Å². The Morgan fingerprint density at radius 1 is 1.20 bits per heavy atom. The topological polar surface area (TPSA) is 65.0 Å². The number of carbonyl (C=O) groups excluding carboxylic acids is 2. The third-order valence-corrected chi connectivity index (χ3v) is 2.61. The molecular weight excluding hydrogens is 258 g/mol. The first-order valence-corrected chi connectivity index (χ1v) is 6.85. The SMILES string of the molecule is C=CC(=O)OCCOC(=CC)CCCCCCN=C=O. The average Bonchev–Trinajstić information content (AvgIpc) is 2.48. The number of hydrogen-bond acceptors (Lipinski definition) is 5. The van der Waals surface area contributed by atoms with E-state index in [1.54, 1.807) is 0 Å². The molecule has 0 aromatic rings. The number of nitrogens with zero attached hydrogens (tertiary/aromatic N) is 1. The van der Waals surface area contributed by atoms with E-state index in [0.29, 0.717) is 13.2 Å². The highest BCUT2D eigenvalue weighted by Crippen LogP contribution is 2.11. The Bertz CT molecular complexity index is 357. The Labute approximate surface area is 120 Å². The summed E-state index contributed by atoms with van der Waals surface area (Å²) in [5, 5.41) is 0. The van der Waals surface area contributed by atoms with Crippen molar-refractivity contribution < 1.29 is 19.1 Å². The van der Waals surface area contributed by atoms with E-state index in [-0.39, 0.29) is 6.61 Å². The molecule has 0 saturated carbocycles. The van der Waals surface area contributed by atoms with Crippen molar-refractivity contribution in [2.45, 2.75) is 39.0 Å². The van der Waals surface area contributed by atoms with E-state index < -0.39 is 5.97 Å². The van der Waals surface area contributed by atoms with Crippen LogP contribution in [-0.2, 0) is 19.1 Å². The summed E-state index contributed by atoms with van der Waals surface area (Å²) in [5.41, 5.74) is 0. The molecule has 0 saturated heterocycles. The lowest BCUT2D eigenvalue weighted by Gasteiger charge is -2.10. The molecule has 0 unspecified atom stereocenters. The summed E-state index contributed by atoms with van der Waals surface area (Å²) in [5.74, 6) is 0.471. The maximum Gasteiger partial charge on any atom is 0.330 e. The molecule has 0 radical (unpaired) electrons. The second-order valence-electron chi connectivity index (χ2n) is 4.11. The van der Waals surface area contributed by atoms with Gasteiger partial charge >= 0.3 is 5.97 Å². The van der Waals surface area contributed by atoms with Crippen LogP contribution >= 0.6 is 0 Å². The molecule has 5 heteroatoms. The average molecular weight is 281 g/mol. The van der Waals surface area contributed by atoms with E-state index in [4.69, 9.17) is 9.47 Å². The molecule has 112 valence electrons. The largest absolute Gasteiger partial charge is 0.495 e. The quantitative estimate of drug-likeness (QED) is 0.138. The molecule has 5 nitrogen and oxygen atoms in total. The number of allylic oxidation sites excluding steroid dienone is 2. The van der Waals surface area contributed by atoms with Crippen LogP contribution in [0.1, 0.15) is 39.0 Å². The van der Waals surface area contributed by atoms with Crippen LogP contribution in [0.15, 0.2) is 29.5 Å². The van der Waals surface area contributed by atoms with Crippen molar-refractivity contribution >= 4 is 12.0 Å². The van der Waals surface area contributed by atoms with Gasteiger partial charge in [0.05, 0.1) is 12.3 Å². The molecule has 0 heterocycles. The van der Waals surface area contributed by atoms with E-state index in [0.717, 1.165) is 43.9 Å². The van der Waals surface area contributed by atoms with Gasteiger partial charge in [0.2, 0.25) is 6.08 Å². The van der Waals surface area contributed by atoms with Crippen LogP contribution in [0.25, 0.3) is 0 Å². The van der Waals surface area contributed by atoms with Crippen LogP contribution in [0.5, 0.6) is 0 Å². The van der Waals surface area contributed by atoms with Gasteiger partial charge in [-0.05, 0) is 25.8 Å². The van der Waals surface area contributed by atoms with Crippen molar-refractivity contribution in [3.8, 4) is 0 Å². The fourth-order valence-electron chi connectivity index (χ4n) is 1.56. The molecule has 0 atom stereocenters. The van der Waals surface area contributed by atoms with Crippen LogP contribution in [0.3, 0.4) is 0 Å². The van der Waals surface area contributed by atoms with Crippen LogP contribution in [-0.4, -0.2) is 31.8 Å². The summed E-state index contributed by atoms with van der Waals surface area (Å²) in [6, 6.07) is 0. The number of ether oxygens (including phenoxy) is 2. The summed E-state index contributed by atoms with van der Waals surface area (Å²) in [6.45, 7) is 6.38. The minimum absolute atomic E-state index is 0.228. The van der Waals surface area contributed by atoms with Crippen molar-refractivity contribution in [3.05, 3.63) is 24.5 Å². The minimum atomic E-state index is -0.436. The highest BCUT2D eigenvalue weighted by atomic mass is 16.6. The van der Waals surface area contributed by atoms with Gasteiger partial charge in [0.1, 0.15) is 13.2 Å². The molecule has 20 heavy (non-hydrogen) atoms. The summed E-state index contributed by atoms with van der Waals surface area (Å²) >= 11 is 0. The minimum Gasteiger partial charge on any atom is -0.495 e. The van der Waals surface area contributed by atoms with Gasteiger partial charge in [0, 0.05) is 12.5 Å². The zero-order valence-corrected chi connectivity index (χ0v) is 12.1. The molecular formula is C15H23NO4. The lowest BCUT2D eigenvalue weighted by Crippen LogP contribution is -2.08. The maximum atomic E-state index is 10.8. The highest BCUT2D eigenvalue weighted by molar-refractivity contribution is 5.81. The third-order valence-electron chi connectivity index (χ3n) is 2.61.